The minimum absolute atomic E-state index is 0.316. The molecule has 124 valence electrons. The van der Waals surface area contributed by atoms with E-state index in [1.165, 1.54) is 0 Å². The molecule has 0 aliphatic carbocycles. The van der Waals surface area contributed by atoms with Gasteiger partial charge >= 0.3 is 6.18 Å². The van der Waals surface area contributed by atoms with Crippen molar-refractivity contribution in [2.75, 3.05) is 4.72 Å². The summed E-state index contributed by atoms with van der Waals surface area (Å²) in [6, 6.07) is 2.75. The Balaban J connectivity index is 2.49. The molecule has 0 aliphatic rings. The van der Waals surface area contributed by atoms with Crippen molar-refractivity contribution in [3.05, 3.63) is 53.3 Å². The molecule has 23 heavy (non-hydrogen) atoms. The first-order chi connectivity index (χ1) is 10.6. The van der Waals surface area contributed by atoms with Crippen LogP contribution in [0.5, 0.6) is 0 Å². The number of halogens is 6. The minimum Gasteiger partial charge on any atom is -0.289 e. The third-order valence-corrected chi connectivity index (χ3v) is 3.23. The van der Waals surface area contributed by atoms with Crippen LogP contribution >= 0.6 is 0 Å². The molecule has 0 amide bonds. The van der Waals surface area contributed by atoms with E-state index < -0.39 is 51.7 Å². The monoisotopic (exact) mass is 355 g/mol. The second-order valence-corrected chi connectivity index (χ2v) is 5.06. The Bertz CT molecular complexity index is 778. The standard InChI is InChI=1S/C13H7F6NO2S/c14-9-5-12(20-23(21)22)11(16)4-7(9)6-1-2-8(10(15)3-6)13(17,18)19/h1-5,20H,(H,21,22). The highest BCUT2D eigenvalue weighted by atomic mass is 32.2. The Morgan fingerprint density at radius 1 is 0.957 bits per heavy atom. The largest absolute Gasteiger partial charge is 0.419 e. The van der Waals surface area contributed by atoms with Crippen molar-refractivity contribution in [3.63, 3.8) is 0 Å². The lowest BCUT2D eigenvalue weighted by Crippen LogP contribution is -2.08. The molecular formula is C13H7F6NO2S. The lowest BCUT2D eigenvalue weighted by atomic mass is 10.0. The van der Waals surface area contributed by atoms with Gasteiger partial charge in [0.25, 0.3) is 11.3 Å². The highest BCUT2D eigenvalue weighted by Crippen LogP contribution is 2.35. The fraction of sp³-hybridized carbons (Fsp3) is 0.0769. The molecule has 0 saturated heterocycles. The first-order valence-electron chi connectivity index (χ1n) is 5.83. The summed E-state index contributed by atoms with van der Waals surface area (Å²) in [5.74, 6) is -3.88. The molecule has 0 spiro atoms. The van der Waals surface area contributed by atoms with Gasteiger partial charge in [-0.25, -0.2) is 17.4 Å². The molecule has 2 N–H and O–H groups in total. The van der Waals surface area contributed by atoms with E-state index in [9.17, 15) is 30.6 Å². The van der Waals surface area contributed by atoms with Gasteiger partial charge in [-0.2, -0.15) is 13.2 Å². The van der Waals surface area contributed by atoms with Gasteiger partial charge in [0.15, 0.2) is 0 Å². The number of alkyl halides is 3. The smallest absolute Gasteiger partial charge is 0.289 e. The van der Waals surface area contributed by atoms with Crippen LogP contribution in [0.2, 0.25) is 0 Å². The number of hydrogen-bond donors (Lipinski definition) is 2. The van der Waals surface area contributed by atoms with Crippen LogP contribution in [0.1, 0.15) is 5.56 Å². The first-order valence-corrected chi connectivity index (χ1v) is 6.94. The first kappa shape index (κ1) is 17.3. The number of hydrogen-bond acceptors (Lipinski definition) is 1. The van der Waals surface area contributed by atoms with Crippen LogP contribution in [0.15, 0.2) is 30.3 Å². The summed E-state index contributed by atoms with van der Waals surface area (Å²) in [7, 11) is 0. The maximum absolute atomic E-state index is 13.9. The zero-order valence-corrected chi connectivity index (χ0v) is 11.7. The van der Waals surface area contributed by atoms with Crippen LogP contribution < -0.4 is 4.72 Å². The Morgan fingerprint density at radius 2 is 1.61 bits per heavy atom. The van der Waals surface area contributed by atoms with Crippen LogP contribution in [0.3, 0.4) is 0 Å². The van der Waals surface area contributed by atoms with Gasteiger partial charge in [-0.05, 0) is 23.8 Å². The van der Waals surface area contributed by atoms with Gasteiger partial charge in [-0.15, -0.1) is 0 Å². The highest BCUT2D eigenvalue weighted by molar-refractivity contribution is 7.80. The van der Waals surface area contributed by atoms with Crippen molar-refractivity contribution < 1.29 is 35.1 Å². The van der Waals surface area contributed by atoms with E-state index in [4.69, 9.17) is 4.55 Å². The molecule has 0 radical (unpaired) electrons. The fourth-order valence-electron chi connectivity index (χ4n) is 1.85. The van der Waals surface area contributed by atoms with Crippen LogP contribution in [0.4, 0.5) is 32.0 Å². The van der Waals surface area contributed by atoms with Crippen molar-refractivity contribution in [2.45, 2.75) is 6.18 Å². The summed E-state index contributed by atoms with van der Waals surface area (Å²) in [4.78, 5) is 0. The van der Waals surface area contributed by atoms with E-state index in [1.54, 1.807) is 4.72 Å². The fourth-order valence-corrected chi connectivity index (χ4v) is 2.20. The minimum atomic E-state index is -4.91. The summed E-state index contributed by atoms with van der Waals surface area (Å²) < 4.78 is 99.3. The van der Waals surface area contributed by atoms with Crippen LogP contribution in [0.25, 0.3) is 11.1 Å². The lowest BCUT2D eigenvalue weighted by molar-refractivity contribution is -0.139. The molecule has 2 aromatic rings. The van der Waals surface area contributed by atoms with Gasteiger partial charge in [-0.3, -0.25) is 9.27 Å². The van der Waals surface area contributed by atoms with Crippen LogP contribution in [-0.4, -0.2) is 8.76 Å². The molecule has 2 aromatic carbocycles. The maximum Gasteiger partial charge on any atom is 0.419 e. The SMILES string of the molecule is O=S(O)Nc1cc(F)c(-c2ccc(C(F)(F)F)c(F)c2)cc1F. The average molecular weight is 355 g/mol. The molecule has 2 rings (SSSR count). The van der Waals surface area contributed by atoms with E-state index in [2.05, 4.69) is 0 Å². The summed E-state index contributed by atoms with van der Waals surface area (Å²) in [5.41, 5.74) is -2.97. The number of nitrogens with one attached hydrogen (secondary N) is 1. The quantitative estimate of drug-likeness (QED) is 0.636. The molecule has 0 fully saturated rings. The van der Waals surface area contributed by atoms with E-state index in [1.807, 2.05) is 0 Å². The predicted octanol–water partition coefficient (Wildman–Crippen LogP) is 4.34. The van der Waals surface area contributed by atoms with Crippen LogP contribution in [0, 0.1) is 17.5 Å². The normalized spacial score (nSPS) is 13.0. The average Bonchev–Trinajstić information content (AvgIpc) is 2.40. The molecule has 0 heterocycles. The molecule has 0 aromatic heterocycles. The van der Waals surface area contributed by atoms with E-state index in [0.29, 0.717) is 24.3 Å². The molecule has 1 unspecified atom stereocenters. The summed E-state index contributed by atoms with van der Waals surface area (Å²) >= 11 is -2.64. The van der Waals surface area contributed by atoms with E-state index in [0.717, 1.165) is 6.07 Å². The summed E-state index contributed by atoms with van der Waals surface area (Å²) in [6.45, 7) is 0. The number of anilines is 1. The Morgan fingerprint density at radius 3 is 2.13 bits per heavy atom. The van der Waals surface area contributed by atoms with Gasteiger partial charge in [0, 0.05) is 11.6 Å². The zero-order chi connectivity index (χ0) is 17.4. The maximum atomic E-state index is 13.9. The second-order valence-electron chi connectivity index (χ2n) is 4.36. The van der Waals surface area contributed by atoms with Crippen molar-refractivity contribution in [1.29, 1.82) is 0 Å². The Kier molecular flexibility index (Phi) is 4.66. The van der Waals surface area contributed by atoms with Gasteiger partial charge < -0.3 is 0 Å². The number of benzene rings is 2. The third-order valence-electron chi connectivity index (χ3n) is 2.84. The van der Waals surface area contributed by atoms with Gasteiger partial charge in [0.1, 0.15) is 17.5 Å². The lowest BCUT2D eigenvalue weighted by Gasteiger charge is -2.11. The van der Waals surface area contributed by atoms with Crippen molar-refractivity contribution in [2.24, 2.45) is 0 Å². The van der Waals surface area contributed by atoms with Gasteiger partial charge in [-0.1, -0.05) is 6.07 Å². The Hall–Kier alpha value is -2.07. The molecule has 0 aliphatic heterocycles. The zero-order valence-electron chi connectivity index (χ0n) is 10.9. The molecule has 1 atom stereocenters. The van der Waals surface area contributed by atoms with E-state index in [-0.39, 0.29) is 5.56 Å². The Labute approximate surface area is 128 Å². The summed E-state index contributed by atoms with van der Waals surface area (Å²) in [6.07, 6.45) is -4.91. The van der Waals surface area contributed by atoms with Crippen molar-refractivity contribution >= 4 is 17.0 Å². The molecule has 3 nitrogen and oxygen atoms in total. The molecular weight excluding hydrogens is 348 g/mol. The molecule has 0 saturated carbocycles. The topological polar surface area (TPSA) is 49.3 Å². The van der Waals surface area contributed by atoms with E-state index >= 15 is 0 Å². The van der Waals surface area contributed by atoms with Gasteiger partial charge in [0.05, 0.1) is 11.3 Å². The second kappa shape index (κ2) is 6.20. The third kappa shape index (κ3) is 3.82. The summed E-state index contributed by atoms with van der Waals surface area (Å²) in [5, 5.41) is 0. The molecule has 10 heteroatoms. The predicted molar refractivity (Wildman–Crippen MR) is 71.1 cm³/mol. The highest BCUT2D eigenvalue weighted by Gasteiger charge is 2.34. The van der Waals surface area contributed by atoms with Gasteiger partial charge in [0.2, 0.25) is 0 Å². The van der Waals surface area contributed by atoms with Crippen LogP contribution in [-0.2, 0) is 17.4 Å². The number of rotatable bonds is 3. The van der Waals surface area contributed by atoms with Crippen molar-refractivity contribution in [1.82, 2.24) is 0 Å². The van der Waals surface area contributed by atoms with Crippen molar-refractivity contribution in [3.8, 4) is 11.1 Å². The molecule has 0 bridgehead atoms.